The van der Waals surface area contributed by atoms with E-state index in [4.69, 9.17) is 9.72 Å². The van der Waals surface area contributed by atoms with Gasteiger partial charge in [-0.2, -0.15) is 5.10 Å². The lowest BCUT2D eigenvalue weighted by Gasteiger charge is -2.36. The van der Waals surface area contributed by atoms with Crippen LogP contribution in [0.15, 0.2) is 42.9 Å². The number of aromatic nitrogens is 4. The third kappa shape index (κ3) is 4.23. The summed E-state index contributed by atoms with van der Waals surface area (Å²) in [5.74, 6) is 1.41. The van der Waals surface area contributed by atoms with Crippen molar-refractivity contribution in [2.75, 3.05) is 32.6 Å². The average Bonchev–Trinajstić information content (AvgIpc) is 3.24. The number of amides is 1. The van der Waals surface area contributed by atoms with Crippen molar-refractivity contribution in [3.63, 3.8) is 0 Å². The Hall–Kier alpha value is -3.42. The van der Waals surface area contributed by atoms with Gasteiger partial charge in [-0.15, -0.1) is 0 Å². The zero-order chi connectivity index (χ0) is 22.0. The highest BCUT2D eigenvalue weighted by atomic mass is 16.5. The van der Waals surface area contributed by atoms with E-state index in [1.165, 1.54) is 0 Å². The van der Waals surface area contributed by atoms with E-state index < -0.39 is 0 Å². The normalized spacial score (nSPS) is 16.3. The van der Waals surface area contributed by atoms with Crippen molar-refractivity contribution in [2.24, 2.45) is 7.05 Å². The van der Waals surface area contributed by atoms with Crippen LogP contribution in [0, 0.1) is 0 Å². The fourth-order valence-corrected chi connectivity index (χ4v) is 4.00. The first kappa shape index (κ1) is 20.8. The smallest absolute Gasteiger partial charge is 0.257 e. The first-order valence-corrected chi connectivity index (χ1v) is 10.5. The number of benzene rings is 1. The highest BCUT2D eigenvalue weighted by molar-refractivity contribution is 5.94. The van der Waals surface area contributed by atoms with Crippen LogP contribution in [0.25, 0.3) is 11.1 Å². The van der Waals surface area contributed by atoms with Crippen LogP contribution in [0.2, 0.25) is 0 Å². The third-order valence-electron chi connectivity index (χ3n) is 5.64. The Balaban J connectivity index is 1.78. The monoisotopic (exact) mass is 420 g/mol. The molecule has 0 radical (unpaired) electrons. The molecule has 8 nitrogen and oxygen atoms in total. The van der Waals surface area contributed by atoms with Gasteiger partial charge >= 0.3 is 0 Å². The number of anilines is 1. The van der Waals surface area contributed by atoms with Crippen LogP contribution in [0.5, 0.6) is 5.75 Å². The fourth-order valence-electron chi connectivity index (χ4n) is 4.00. The van der Waals surface area contributed by atoms with E-state index in [1.807, 2.05) is 61.4 Å². The summed E-state index contributed by atoms with van der Waals surface area (Å²) in [7, 11) is 7.32. The van der Waals surface area contributed by atoms with Crippen LogP contribution in [-0.2, 0) is 7.05 Å². The number of methoxy groups -OCH3 is 1. The maximum absolute atomic E-state index is 13.3. The molecule has 3 heterocycles. The molecule has 4 rings (SSSR count). The number of aryl methyl sites for hydroxylation is 1. The number of carbonyl (C=O) groups is 1. The minimum Gasteiger partial charge on any atom is -0.497 e. The highest BCUT2D eigenvalue weighted by Crippen LogP contribution is 2.37. The molecule has 1 aliphatic heterocycles. The Morgan fingerprint density at radius 3 is 2.58 bits per heavy atom. The molecular weight excluding hydrogens is 392 g/mol. The van der Waals surface area contributed by atoms with Crippen LogP contribution in [0.3, 0.4) is 0 Å². The number of hydrogen-bond donors (Lipinski definition) is 0. The second-order valence-corrected chi connectivity index (χ2v) is 8.00. The number of piperidine rings is 1. The van der Waals surface area contributed by atoms with E-state index in [0.717, 1.165) is 41.8 Å². The minimum atomic E-state index is -0.125. The van der Waals surface area contributed by atoms with Crippen molar-refractivity contribution in [1.29, 1.82) is 0 Å². The molecule has 0 aliphatic carbocycles. The third-order valence-corrected chi connectivity index (χ3v) is 5.64. The molecule has 0 bridgehead atoms. The van der Waals surface area contributed by atoms with Gasteiger partial charge in [0.15, 0.2) is 0 Å². The van der Waals surface area contributed by atoms with Crippen molar-refractivity contribution in [3.05, 3.63) is 54.1 Å². The zero-order valence-corrected chi connectivity index (χ0v) is 18.4. The quantitative estimate of drug-likeness (QED) is 0.630. The lowest BCUT2D eigenvalue weighted by atomic mass is 9.93. The molecule has 0 spiro atoms. The van der Waals surface area contributed by atoms with Gasteiger partial charge in [-0.1, -0.05) is 12.1 Å². The van der Waals surface area contributed by atoms with Gasteiger partial charge < -0.3 is 14.5 Å². The standard InChI is InChI=1S/C23H28N6O2/c1-27(2)23-24-14-19(16-8-10-18(31-4)11-9-16)21(26-23)20-7-5-6-12-29(20)22(30)17-13-25-28(3)15-17/h8-11,13-15,20H,5-7,12H2,1-4H3/t20-/m0/s1. The highest BCUT2D eigenvalue weighted by Gasteiger charge is 2.32. The Bertz CT molecular complexity index is 1060. The summed E-state index contributed by atoms with van der Waals surface area (Å²) in [5, 5.41) is 4.17. The van der Waals surface area contributed by atoms with Crippen LogP contribution in [0.1, 0.15) is 41.4 Å². The lowest BCUT2D eigenvalue weighted by Crippen LogP contribution is -2.39. The van der Waals surface area contributed by atoms with Gasteiger partial charge in [-0.05, 0) is 37.0 Å². The first-order chi connectivity index (χ1) is 15.0. The van der Waals surface area contributed by atoms with Gasteiger partial charge in [0.1, 0.15) is 5.75 Å². The maximum Gasteiger partial charge on any atom is 0.257 e. The number of rotatable bonds is 5. The van der Waals surface area contributed by atoms with Gasteiger partial charge in [0.2, 0.25) is 5.95 Å². The molecule has 162 valence electrons. The Morgan fingerprint density at radius 1 is 1.16 bits per heavy atom. The SMILES string of the molecule is COc1ccc(-c2cnc(N(C)C)nc2[C@@H]2CCCCN2C(=O)c2cnn(C)c2)cc1. The van der Waals surface area contributed by atoms with Gasteiger partial charge in [0.25, 0.3) is 5.91 Å². The van der Waals surface area contributed by atoms with Gasteiger partial charge in [0.05, 0.1) is 30.6 Å². The predicted octanol–water partition coefficient (Wildman–Crippen LogP) is 3.32. The molecule has 2 aromatic heterocycles. The minimum absolute atomic E-state index is 0.0107. The molecule has 0 unspecified atom stereocenters. The average molecular weight is 421 g/mol. The summed E-state index contributed by atoms with van der Waals surface area (Å²) in [6.45, 7) is 0.696. The zero-order valence-electron chi connectivity index (χ0n) is 18.4. The number of nitrogens with zero attached hydrogens (tertiary/aromatic N) is 6. The van der Waals surface area contributed by atoms with Gasteiger partial charge in [-0.25, -0.2) is 9.97 Å². The molecule has 1 fully saturated rings. The molecule has 31 heavy (non-hydrogen) atoms. The molecule has 1 aliphatic rings. The first-order valence-electron chi connectivity index (χ1n) is 10.5. The topological polar surface area (TPSA) is 76.4 Å². The number of likely N-dealkylation sites (tertiary alicyclic amines) is 1. The number of hydrogen-bond acceptors (Lipinski definition) is 6. The molecule has 1 atom stereocenters. The summed E-state index contributed by atoms with van der Waals surface area (Å²) in [4.78, 5) is 26.6. The molecule has 1 aromatic carbocycles. The van der Waals surface area contributed by atoms with E-state index in [9.17, 15) is 4.79 Å². The van der Waals surface area contributed by atoms with Crippen LogP contribution < -0.4 is 9.64 Å². The Kier molecular flexibility index (Phi) is 5.88. The predicted molar refractivity (Wildman–Crippen MR) is 119 cm³/mol. The van der Waals surface area contributed by atoms with Crippen molar-refractivity contribution < 1.29 is 9.53 Å². The van der Waals surface area contributed by atoms with Crippen LogP contribution in [-0.4, -0.2) is 58.3 Å². The summed E-state index contributed by atoms with van der Waals surface area (Å²) in [6.07, 6.45) is 8.14. The van der Waals surface area contributed by atoms with Crippen LogP contribution >= 0.6 is 0 Å². The maximum atomic E-state index is 13.3. The molecule has 1 saturated heterocycles. The molecule has 3 aromatic rings. The molecule has 8 heteroatoms. The largest absolute Gasteiger partial charge is 0.497 e. The van der Waals surface area contributed by atoms with Crippen molar-refractivity contribution in [1.82, 2.24) is 24.6 Å². The van der Waals surface area contributed by atoms with Crippen molar-refractivity contribution in [2.45, 2.75) is 25.3 Å². The second-order valence-electron chi connectivity index (χ2n) is 8.00. The van der Waals surface area contributed by atoms with E-state index in [-0.39, 0.29) is 11.9 Å². The van der Waals surface area contributed by atoms with Gasteiger partial charge in [0, 0.05) is 45.6 Å². The van der Waals surface area contributed by atoms with Crippen LogP contribution in [0.4, 0.5) is 5.95 Å². The number of carbonyl (C=O) groups excluding carboxylic acids is 1. The van der Waals surface area contributed by atoms with E-state index in [2.05, 4.69) is 10.1 Å². The summed E-state index contributed by atoms with van der Waals surface area (Å²) < 4.78 is 6.96. The van der Waals surface area contributed by atoms with E-state index in [0.29, 0.717) is 18.1 Å². The fraction of sp³-hybridized carbons (Fsp3) is 0.391. The van der Waals surface area contributed by atoms with Crippen molar-refractivity contribution in [3.8, 4) is 16.9 Å². The second kappa shape index (κ2) is 8.75. The Morgan fingerprint density at radius 2 is 1.94 bits per heavy atom. The summed E-state index contributed by atoms with van der Waals surface area (Å²) in [6, 6.07) is 7.75. The molecular formula is C23H28N6O2. The summed E-state index contributed by atoms with van der Waals surface area (Å²) >= 11 is 0. The van der Waals surface area contributed by atoms with E-state index in [1.54, 1.807) is 24.2 Å². The number of ether oxygens (including phenoxy) is 1. The molecule has 1 amide bonds. The van der Waals surface area contributed by atoms with Gasteiger partial charge in [-0.3, -0.25) is 9.48 Å². The molecule has 0 saturated carbocycles. The summed E-state index contributed by atoms with van der Waals surface area (Å²) in [5.41, 5.74) is 3.41. The van der Waals surface area contributed by atoms with E-state index >= 15 is 0 Å². The Labute approximate surface area is 182 Å². The van der Waals surface area contributed by atoms with Crippen molar-refractivity contribution >= 4 is 11.9 Å². The lowest BCUT2D eigenvalue weighted by molar-refractivity contribution is 0.0606. The molecule has 0 N–H and O–H groups in total.